The second-order valence-corrected chi connectivity index (χ2v) is 2.89. The number of nitrogens with two attached hydrogens (primary N) is 1. The van der Waals surface area contributed by atoms with Crippen LogP contribution in [0.4, 0.5) is 0 Å². The minimum Gasteiger partial charge on any atom is -0.508 e. The van der Waals surface area contributed by atoms with E-state index in [9.17, 15) is 10.2 Å². The van der Waals surface area contributed by atoms with Crippen molar-refractivity contribution in [2.24, 2.45) is 10.7 Å². The summed E-state index contributed by atoms with van der Waals surface area (Å²) in [5.74, 6) is -0.947. The molecule has 6 N–H and O–H groups in total. The third-order valence-corrected chi connectivity index (χ3v) is 1.60. The van der Waals surface area contributed by atoms with Gasteiger partial charge in [-0.05, 0) is 0 Å². The van der Waals surface area contributed by atoms with Crippen LogP contribution in [0.15, 0.2) is 17.1 Å². The van der Waals surface area contributed by atoms with Crippen LogP contribution in [-0.2, 0) is 0 Å². The highest BCUT2D eigenvalue weighted by Gasteiger charge is 2.06. The first-order valence-electron chi connectivity index (χ1n) is 4.08. The third-order valence-electron chi connectivity index (χ3n) is 1.60. The Morgan fingerprint density at radius 3 is 2.33 bits per heavy atom. The molecule has 0 unspecified atom stereocenters. The first-order valence-corrected chi connectivity index (χ1v) is 4.08. The molecule has 0 atom stereocenters. The number of nitrogens with one attached hydrogen (secondary N) is 1. The Kier molecular flexibility index (Phi) is 3.12. The van der Waals surface area contributed by atoms with Crippen LogP contribution >= 0.6 is 0 Å². The lowest BCUT2D eigenvalue weighted by atomic mass is 10.2. The van der Waals surface area contributed by atoms with Crippen molar-refractivity contribution < 1.29 is 15.3 Å². The van der Waals surface area contributed by atoms with Gasteiger partial charge < -0.3 is 21.1 Å². The summed E-state index contributed by atoms with van der Waals surface area (Å²) in [5.41, 5.74) is 5.14. The average Bonchev–Trinajstić information content (AvgIpc) is 2.08. The fraction of sp³-hybridized carbons (Fsp3) is 0.111. The van der Waals surface area contributed by atoms with Crippen molar-refractivity contribution in [3.8, 4) is 17.2 Å². The lowest BCUT2D eigenvalue weighted by molar-refractivity contribution is 0.427. The summed E-state index contributed by atoms with van der Waals surface area (Å²) < 4.78 is 0. The zero-order valence-corrected chi connectivity index (χ0v) is 7.81. The Hall–Kier alpha value is -2.24. The average molecular weight is 209 g/mol. The molecular formula is C9H11N3O3. The molecule has 0 aliphatic rings. The number of nitrogens with zero attached hydrogens (tertiary/aromatic N) is 1. The smallest absolute Gasteiger partial charge is 0.131 e. The Labute approximate surface area is 85.8 Å². The van der Waals surface area contributed by atoms with Crippen molar-refractivity contribution in [2.45, 2.75) is 0 Å². The normalized spacial score (nSPS) is 10.7. The number of benzene rings is 1. The van der Waals surface area contributed by atoms with Crippen molar-refractivity contribution in [2.75, 3.05) is 6.54 Å². The van der Waals surface area contributed by atoms with Gasteiger partial charge in [-0.25, -0.2) is 0 Å². The number of hydrogen-bond acceptors (Lipinski definition) is 5. The first-order chi connectivity index (χ1) is 7.00. The predicted octanol–water partition coefficient (Wildman–Crippen LogP) is 0.158. The van der Waals surface area contributed by atoms with Crippen LogP contribution in [0.3, 0.4) is 0 Å². The molecule has 0 aliphatic carbocycles. The van der Waals surface area contributed by atoms with Crippen LogP contribution in [-0.4, -0.2) is 33.9 Å². The Morgan fingerprint density at radius 1 is 1.33 bits per heavy atom. The second kappa shape index (κ2) is 4.32. The van der Waals surface area contributed by atoms with E-state index in [4.69, 9.17) is 16.2 Å². The summed E-state index contributed by atoms with van der Waals surface area (Å²) >= 11 is 0. The van der Waals surface area contributed by atoms with E-state index in [1.54, 1.807) is 0 Å². The van der Waals surface area contributed by atoms with Crippen LogP contribution in [0.1, 0.15) is 5.56 Å². The zero-order chi connectivity index (χ0) is 11.4. The first kappa shape index (κ1) is 10.8. The molecule has 0 saturated heterocycles. The van der Waals surface area contributed by atoms with Crippen molar-refractivity contribution in [1.82, 2.24) is 0 Å². The van der Waals surface area contributed by atoms with Crippen molar-refractivity contribution in [1.29, 1.82) is 5.41 Å². The van der Waals surface area contributed by atoms with E-state index in [1.165, 1.54) is 6.21 Å². The van der Waals surface area contributed by atoms with Gasteiger partial charge in [0, 0.05) is 18.3 Å². The molecule has 1 aromatic rings. The van der Waals surface area contributed by atoms with E-state index < -0.39 is 0 Å². The monoisotopic (exact) mass is 209 g/mol. The Morgan fingerprint density at radius 2 is 1.87 bits per heavy atom. The van der Waals surface area contributed by atoms with E-state index in [1.807, 2.05) is 0 Å². The molecule has 6 heteroatoms. The molecule has 1 rings (SSSR count). The predicted molar refractivity (Wildman–Crippen MR) is 55.8 cm³/mol. The highest BCUT2D eigenvalue weighted by atomic mass is 16.3. The quantitative estimate of drug-likeness (QED) is 0.359. The van der Waals surface area contributed by atoms with Crippen molar-refractivity contribution >= 4 is 12.1 Å². The largest absolute Gasteiger partial charge is 0.508 e. The highest BCUT2D eigenvalue weighted by molar-refractivity contribution is 5.89. The fourth-order valence-corrected chi connectivity index (χ4v) is 0.976. The molecule has 6 nitrogen and oxygen atoms in total. The van der Waals surface area contributed by atoms with Gasteiger partial charge in [-0.3, -0.25) is 10.4 Å². The molecule has 0 bridgehead atoms. The molecule has 15 heavy (non-hydrogen) atoms. The molecule has 0 spiro atoms. The maximum absolute atomic E-state index is 9.34. The summed E-state index contributed by atoms with van der Waals surface area (Å²) in [6.07, 6.45) is 1.19. The van der Waals surface area contributed by atoms with Gasteiger partial charge in [0.25, 0.3) is 0 Å². The number of aromatic hydroxyl groups is 3. The van der Waals surface area contributed by atoms with Gasteiger partial charge in [0.05, 0.1) is 12.1 Å². The summed E-state index contributed by atoms with van der Waals surface area (Å²) in [4.78, 5) is 3.72. The number of phenolic OH excluding ortho intramolecular Hbond substituents is 3. The van der Waals surface area contributed by atoms with Gasteiger partial charge in [-0.15, -0.1) is 0 Å². The van der Waals surface area contributed by atoms with Gasteiger partial charge in [0.15, 0.2) is 0 Å². The van der Waals surface area contributed by atoms with Crippen LogP contribution in [0.25, 0.3) is 0 Å². The number of hydrogen-bond donors (Lipinski definition) is 5. The SMILES string of the molecule is N=C(N)CN=Cc1c(O)cc(O)cc1O. The second-order valence-electron chi connectivity index (χ2n) is 2.89. The number of amidine groups is 1. The summed E-state index contributed by atoms with van der Waals surface area (Å²) in [6, 6.07) is 2.16. The summed E-state index contributed by atoms with van der Waals surface area (Å²) in [6.45, 7) is -0.0141. The van der Waals surface area contributed by atoms with Crippen LogP contribution in [0, 0.1) is 5.41 Å². The van der Waals surface area contributed by atoms with Crippen LogP contribution in [0.2, 0.25) is 0 Å². The van der Waals surface area contributed by atoms with Gasteiger partial charge in [-0.2, -0.15) is 0 Å². The Balaban J connectivity index is 2.94. The summed E-state index contributed by atoms with van der Waals surface area (Å²) in [5, 5.41) is 34.6. The maximum atomic E-state index is 9.34. The molecule has 0 radical (unpaired) electrons. The summed E-state index contributed by atoms with van der Waals surface area (Å²) in [7, 11) is 0. The standard InChI is InChI=1S/C9H11N3O3/c10-9(11)4-12-3-6-7(14)1-5(13)2-8(6)15/h1-3,13-15H,4H2,(H3,10,11). The van der Waals surface area contributed by atoms with Gasteiger partial charge in [-0.1, -0.05) is 0 Å². The van der Waals surface area contributed by atoms with Gasteiger partial charge in [0.2, 0.25) is 0 Å². The van der Waals surface area contributed by atoms with Gasteiger partial charge in [0.1, 0.15) is 23.1 Å². The molecule has 0 amide bonds. The zero-order valence-electron chi connectivity index (χ0n) is 7.81. The van der Waals surface area contributed by atoms with E-state index in [0.29, 0.717) is 0 Å². The number of aliphatic imine (C=N–C) groups is 1. The maximum Gasteiger partial charge on any atom is 0.131 e. The minimum atomic E-state index is -0.292. The molecular weight excluding hydrogens is 198 g/mol. The molecule has 0 aliphatic heterocycles. The molecule has 0 fully saturated rings. The van der Waals surface area contributed by atoms with Crippen LogP contribution in [0.5, 0.6) is 17.2 Å². The topological polar surface area (TPSA) is 123 Å². The van der Waals surface area contributed by atoms with Gasteiger partial charge >= 0.3 is 0 Å². The highest BCUT2D eigenvalue weighted by Crippen LogP contribution is 2.30. The number of rotatable bonds is 3. The van der Waals surface area contributed by atoms with E-state index >= 15 is 0 Å². The Bertz CT molecular complexity index is 392. The lowest BCUT2D eigenvalue weighted by Gasteiger charge is -2.02. The van der Waals surface area contributed by atoms with E-state index in [-0.39, 0.29) is 35.2 Å². The van der Waals surface area contributed by atoms with E-state index in [2.05, 4.69) is 4.99 Å². The van der Waals surface area contributed by atoms with Crippen molar-refractivity contribution in [3.63, 3.8) is 0 Å². The van der Waals surface area contributed by atoms with Crippen molar-refractivity contribution in [3.05, 3.63) is 17.7 Å². The lowest BCUT2D eigenvalue weighted by Crippen LogP contribution is -2.13. The molecule has 0 heterocycles. The minimum absolute atomic E-state index is 0.0141. The molecule has 0 saturated carbocycles. The third kappa shape index (κ3) is 2.87. The molecule has 0 aromatic heterocycles. The van der Waals surface area contributed by atoms with E-state index in [0.717, 1.165) is 12.1 Å². The number of phenols is 3. The molecule has 1 aromatic carbocycles. The molecule has 80 valence electrons. The fourth-order valence-electron chi connectivity index (χ4n) is 0.976. The van der Waals surface area contributed by atoms with Crippen LogP contribution < -0.4 is 5.73 Å².